The molecule has 412 valence electrons. The number of nitrogens with zero attached hydrogens (tertiary/aromatic N) is 1. The van der Waals surface area contributed by atoms with Crippen molar-refractivity contribution in [3.63, 3.8) is 0 Å². The number of nitrogens with one attached hydrogen (secondary N) is 1. The van der Waals surface area contributed by atoms with Crippen molar-refractivity contribution >= 4 is 13.7 Å². The Hall–Kier alpha value is -0.760. The van der Waals surface area contributed by atoms with E-state index in [0.717, 1.165) is 38.5 Å². The van der Waals surface area contributed by atoms with E-state index >= 15 is 0 Å². The minimum atomic E-state index is -4.32. The number of quaternary nitrogens is 1. The van der Waals surface area contributed by atoms with Gasteiger partial charge in [0.05, 0.1) is 39.9 Å². The van der Waals surface area contributed by atoms with Gasteiger partial charge in [0.15, 0.2) is 0 Å². The van der Waals surface area contributed by atoms with E-state index in [1.165, 1.54) is 250 Å². The molecule has 1 amide bonds. The predicted octanol–water partition coefficient (Wildman–Crippen LogP) is 18.6. The van der Waals surface area contributed by atoms with E-state index in [0.29, 0.717) is 23.9 Å². The lowest BCUT2D eigenvalue weighted by Gasteiger charge is -2.26. The number of aliphatic hydroxyl groups excluding tert-OH is 1. The summed E-state index contributed by atoms with van der Waals surface area (Å²) in [6, 6.07) is -0.761. The van der Waals surface area contributed by atoms with Gasteiger partial charge in [0.1, 0.15) is 13.2 Å². The molecule has 3 N–H and O–H groups in total. The smallest absolute Gasteiger partial charge is 0.391 e. The Morgan fingerprint density at radius 3 is 1.12 bits per heavy atom. The van der Waals surface area contributed by atoms with Crippen LogP contribution < -0.4 is 5.32 Å². The number of phosphoric ester groups is 1. The van der Waals surface area contributed by atoms with Gasteiger partial charge in [0.25, 0.3) is 0 Å². The molecule has 3 atom stereocenters. The molecule has 0 aromatic heterocycles. The highest BCUT2D eigenvalue weighted by Gasteiger charge is 2.28. The zero-order chi connectivity index (χ0) is 50.6. The maximum absolute atomic E-state index is 13.0. The monoisotopic (exact) mass is 998 g/mol. The second-order valence-corrected chi connectivity index (χ2v) is 23.9. The largest absolute Gasteiger partial charge is 0.472 e. The molecule has 0 fully saturated rings. The normalized spacial score (nSPS) is 13.9. The van der Waals surface area contributed by atoms with Crippen LogP contribution in [0.5, 0.6) is 0 Å². The third kappa shape index (κ3) is 54.8. The highest BCUT2D eigenvalue weighted by atomic mass is 31.2. The Morgan fingerprint density at radius 1 is 0.478 bits per heavy atom. The average molecular weight is 999 g/mol. The molecule has 0 heterocycles. The van der Waals surface area contributed by atoms with Crippen LogP contribution >= 0.6 is 7.82 Å². The fourth-order valence-electron chi connectivity index (χ4n) is 9.46. The van der Waals surface area contributed by atoms with Crippen molar-refractivity contribution in [2.45, 2.75) is 328 Å². The van der Waals surface area contributed by atoms with Crippen LogP contribution in [0, 0.1) is 0 Å². The minimum absolute atomic E-state index is 0.0763. The third-order valence-electron chi connectivity index (χ3n) is 14.3. The molecule has 8 nitrogen and oxygen atoms in total. The van der Waals surface area contributed by atoms with E-state index in [9.17, 15) is 19.4 Å². The molecule has 0 bridgehead atoms. The van der Waals surface area contributed by atoms with Crippen molar-refractivity contribution in [1.29, 1.82) is 0 Å². The van der Waals surface area contributed by atoms with Crippen LogP contribution in [0.15, 0.2) is 12.2 Å². The molecule has 0 aromatic rings. The molecule has 0 aliphatic carbocycles. The topological polar surface area (TPSA) is 105 Å². The lowest BCUT2D eigenvalue weighted by molar-refractivity contribution is -0.870. The molecule has 9 heteroatoms. The molecule has 0 rings (SSSR count). The van der Waals surface area contributed by atoms with Crippen molar-refractivity contribution in [1.82, 2.24) is 5.32 Å². The quantitative estimate of drug-likeness (QED) is 0.0243. The molecule has 0 saturated heterocycles. The first kappa shape index (κ1) is 68.2. The maximum atomic E-state index is 13.0. The molecular weight excluding hydrogens is 876 g/mol. The van der Waals surface area contributed by atoms with E-state index < -0.39 is 20.0 Å². The summed E-state index contributed by atoms with van der Waals surface area (Å²) in [4.78, 5) is 23.3. The highest BCUT2D eigenvalue weighted by Crippen LogP contribution is 2.43. The number of aliphatic hydroxyl groups is 1. The summed E-state index contributed by atoms with van der Waals surface area (Å²) >= 11 is 0. The van der Waals surface area contributed by atoms with E-state index in [-0.39, 0.29) is 19.1 Å². The SMILES string of the molecule is CCCCCCCCC/C=C\CCCCCCCCCC(=O)NC(COP(=O)(O)OCC[N+](C)(C)C)C(O)CCCCCCCCCCCCCCCCCCCCCCCCCCCCCCC. The van der Waals surface area contributed by atoms with E-state index in [4.69, 9.17) is 9.05 Å². The second-order valence-electron chi connectivity index (χ2n) is 22.4. The zero-order valence-corrected chi connectivity index (χ0v) is 48.0. The van der Waals surface area contributed by atoms with Crippen LogP contribution in [-0.2, 0) is 18.4 Å². The van der Waals surface area contributed by atoms with Gasteiger partial charge < -0.3 is 19.8 Å². The van der Waals surface area contributed by atoms with Gasteiger partial charge in [-0.3, -0.25) is 13.8 Å². The Bertz CT molecular complexity index is 1130. The number of unbranched alkanes of at least 4 members (excludes halogenated alkanes) is 42. The third-order valence-corrected chi connectivity index (χ3v) is 15.2. The number of carbonyl (C=O) groups excluding carboxylic acids is 1. The van der Waals surface area contributed by atoms with Gasteiger partial charge in [-0.2, -0.15) is 0 Å². The number of carbonyl (C=O) groups is 1. The van der Waals surface area contributed by atoms with Crippen LogP contribution in [-0.4, -0.2) is 73.4 Å². The summed E-state index contributed by atoms with van der Waals surface area (Å²) < 4.78 is 23.8. The van der Waals surface area contributed by atoms with Gasteiger partial charge >= 0.3 is 7.82 Å². The molecule has 0 aliphatic heterocycles. The van der Waals surface area contributed by atoms with E-state index in [2.05, 4.69) is 31.3 Å². The van der Waals surface area contributed by atoms with Gasteiger partial charge in [0, 0.05) is 6.42 Å². The molecule has 0 radical (unpaired) electrons. The molecule has 0 saturated carbocycles. The van der Waals surface area contributed by atoms with Gasteiger partial charge in [-0.1, -0.05) is 283 Å². The van der Waals surface area contributed by atoms with E-state index in [1.807, 2.05) is 21.1 Å². The van der Waals surface area contributed by atoms with Crippen LogP contribution in [0.3, 0.4) is 0 Å². The number of likely N-dealkylation sites (N-methyl/N-ethyl adjacent to an activating group) is 1. The van der Waals surface area contributed by atoms with Crippen molar-refractivity contribution in [3.8, 4) is 0 Å². The number of hydrogen-bond donors (Lipinski definition) is 3. The summed E-state index contributed by atoms with van der Waals surface area (Å²) in [7, 11) is 1.63. The Morgan fingerprint density at radius 2 is 0.783 bits per heavy atom. The Labute approximate surface area is 431 Å². The van der Waals surface area contributed by atoms with Gasteiger partial charge in [-0.25, -0.2) is 4.57 Å². The number of hydrogen-bond acceptors (Lipinski definition) is 5. The fourth-order valence-corrected chi connectivity index (χ4v) is 10.2. The lowest BCUT2D eigenvalue weighted by atomic mass is 10.0. The van der Waals surface area contributed by atoms with Gasteiger partial charge in [-0.05, 0) is 38.5 Å². The summed E-state index contributed by atoms with van der Waals surface area (Å²) in [5.41, 5.74) is 0. The molecule has 0 spiro atoms. The Kier molecular flexibility index (Phi) is 51.5. The van der Waals surface area contributed by atoms with Crippen molar-refractivity contribution in [2.75, 3.05) is 40.9 Å². The number of amides is 1. The standard InChI is InChI=1S/C60H121N2O6P/c1-6-8-10-12-14-16-18-20-22-24-26-27-28-29-30-31-32-33-34-35-36-37-39-41-43-45-47-49-51-53-59(63)58(57-68-69(65,66)67-56-55-62(3,4)5)61-60(64)54-52-50-48-46-44-42-40-38-25-23-21-19-17-15-13-11-9-7-2/h23,25,58-59,63H,6-22,24,26-57H2,1-5H3,(H-,61,64,65,66)/p+1/b25-23-. The van der Waals surface area contributed by atoms with Crippen molar-refractivity contribution in [3.05, 3.63) is 12.2 Å². The fraction of sp³-hybridized carbons (Fsp3) is 0.950. The molecular formula is C60H122N2O6P+. The van der Waals surface area contributed by atoms with Crippen LogP contribution in [0.2, 0.25) is 0 Å². The van der Waals surface area contributed by atoms with Crippen LogP contribution in [0.4, 0.5) is 0 Å². The summed E-state index contributed by atoms with van der Waals surface area (Å²) in [6.07, 6.45) is 64.2. The minimum Gasteiger partial charge on any atom is -0.391 e. The van der Waals surface area contributed by atoms with Gasteiger partial charge in [-0.15, -0.1) is 0 Å². The average Bonchev–Trinajstić information content (AvgIpc) is 3.31. The Balaban J connectivity index is 4.06. The first-order valence-corrected chi connectivity index (χ1v) is 32.0. The van der Waals surface area contributed by atoms with Crippen molar-refractivity contribution in [2.24, 2.45) is 0 Å². The molecule has 3 unspecified atom stereocenters. The number of rotatable bonds is 57. The molecule has 69 heavy (non-hydrogen) atoms. The van der Waals surface area contributed by atoms with Crippen LogP contribution in [0.1, 0.15) is 316 Å². The molecule has 0 aliphatic rings. The first-order chi connectivity index (χ1) is 33.5. The van der Waals surface area contributed by atoms with E-state index in [1.54, 1.807) is 0 Å². The highest BCUT2D eigenvalue weighted by molar-refractivity contribution is 7.47. The lowest BCUT2D eigenvalue weighted by Crippen LogP contribution is -2.46. The maximum Gasteiger partial charge on any atom is 0.472 e. The molecule has 0 aromatic carbocycles. The van der Waals surface area contributed by atoms with Gasteiger partial charge in [0.2, 0.25) is 5.91 Å². The summed E-state index contributed by atoms with van der Waals surface area (Å²) in [5, 5.41) is 14.1. The first-order valence-electron chi connectivity index (χ1n) is 30.6. The zero-order valence-electron chi connectivity index (χ0n) is 47.1. The second kappa shape index (κ2) is 52.1. The van der Waals surface area contributed by atoms with Crippen LogP contribution in [0.25, 0.3) is 0 Å². The summed E-state index contributed by atoms with van der Waals surface area (Å²) in [5.74, 6) is -0.143. The number of allylic oxidation sites excluding steroid dienone is 2. The van der Waals surface area contributed by atoms with Crippen molar-refractivity contribution < 1.29 is 32.9 Å². The summed E-state index contributed by atoms with van der Waals surface area (Å²) in [6.45, 7) is 4.93. The number of phosphoric acid groups is 1. The predicted molar refractivity (Wildman–Crippen MR) is 300 cm³/mol.